The molecule has 0 saturated carbocycles. The molecule has 29 heavy (non-hydrogen) atoms. The summed E-state index contributed by atoms with van der Waals surface area (Å²) >= 11 is 3.49. The van der Waals surface area contributed by atoms with E-state index in [2.05, 4.69) is 26.4 Å². The van der Waals surface area contributed by atoms with Crippen LogP contribution in [0.3, 0.4) is 0 Å². The van der Waals surface area contributed by atoms with E-state index in [0.29, 0.717) is 18.7 Å². The van der Waals surface area contributed by atoms with Crippen molar-refractivity contribution in [3.8, 4) is 5.75 Å². The second kappa shape index (κ2) is 6.88. The summed E-state index contributed by atoms with van der Waals surface area (Å²) in [4.78, 5) is 13.4. The maximum Gasteiger partial charge on any atom is 0.233 e. The lowest BCUT2D eigenvalue weighted by molar-refractivity contribution is -0.116. The van der Waals surface area contributed by atoms with E-state index in [1.165, 1.54) is 0 Å². The van der Waals surface area contributed by atoms with Crippen molar-refractivity contribution in [1.29, 1.82) is 0 Å². The predicted octanol–water partition coefficient (Wildman–Crippen LogP) is 5.41. The van der Waals surface area contributed by atoms with Gasteiger partial charge in [0.1, 0.15) is 5.75 Å². The zero-order valence-electron chi connectivity index (χ0n) is 15.8. The number of aromatic nitrogens is 1. The maximum absolute atomic E-state index is 13.4. The number of phenols is 1. The van der Waals surface area contributed by atoms with Crippen LogP contribution in [-0.4, -0.2) is 16.0 Å². The summed E-state index contributed by atoms with van der Waals surface area (Å²) in [6, 6.07) is 15.2. The van der Waals surface area contributed by atoms with E-state index in [1.54, 1.807) is 12.1 Å². The molecule has 2 heterocycles. The molecular formula is C23H19BrN2O3. The van der Waals surface area contributed by atoms with Crippen molar-refractivity contribution in [2.24, 2.45) is 0 Å². The fourth-order valence-corrected chi connectivity index (χ4v) is 4.71. The van der Waals surface area contributed by atoms with Gasteiger partial charge < -0.3 is 14.9 Å². The molecule has 2 aromatic carbocycles. The highest BCUT2D eigenvalue weighted by atomic mass is 79.9. The molecule has 5 nitrogen and oxygen atoms in total. The quantitative estimate of drug-likeness (QED) is 0.545. The topological polar surface area (TPSA) is 75.4 Å². The summed E-state index contributed by atoms with van der Waals surface area (Å²) in [5, 5.41) is 17.1. The van der Waals surface area contributed by atoms with Crippen LogP contribution in [0.2, 0.25) is 0 Å². The highest BCUT2D eigenvalue weighted by Gasteiger charge is 2.41. The second-order valence-electron chi connectivity index (χ2n) is 7.63. The van der Waals surface area contributed by atoms with E-state index in [-0.39, 0.29) is 23.4 Å². The van der Waals surface area contributed by atoms with Gasteiger partial charge in [0.2, 0.25) is 5.88 Å². The number of carbonyl (C=O) groups excluding carboxylic acids is 1. The van der Waals surface area contributed by atoms with Gasteiger partial charge in [-0.3, -0.25) is 4.79 Å². The first-order chi connectivity index (χ1) is 14.0. The van der Waals surface area contributed by atoms with E-state index in [0.717, 1.165) is 38.1 Å². The molecule has 0 bridgehead atoms. The minimum atomic E-state index is -0.186. The number of anilines is 1. The first-order valence-electron chi connectivity index (χ1n) is 9.55. The number of Topliss-reactive ketones (excluding diaryl/α,β-unsaturated/α-hetero) is 1. The monoisotopic (exact) mass is 450 g/mol. The van der Waals surface area contributed by atoms with E-state index in [9.17, 15) is 9.90 Å². The molecule has 2 atom stereocenters. The smallest absolute Gasteiger partial charge is 0.233 e. The summed E-state index contributed by atoms with van der Waals surface area (Å²) in [6.07, 6.45) is 1.15. The van der Waals surface area contributed by atoms with E-state index < -0.39 is 0 Å². The van der Waals surface area contributed by atoms with E-state index in [4.69, 9.17) is 4.52 Å². The third kappa shape index (κ3) is 3.08. The molecule has 2 N–H and O–H groups in total. The average molecular weight is 451 g/mol. The zero-order chi connectivity index (χ0) is 20.1. The van der Waals surface area contributed by atoms with Crippen LogP contribution in [0.1, 0.15) is 47.1 Å². The molecule has 0 amide bonds. The molecule has 3 aromatic rings. The predicted molar refractivity (Wildman–Crippen MR) is 113 cm³/mol. The number of hydrogen-bond acceptors (Lipinski definition) is 5. The molecule has 146 valence electrons. The summed E-state index contributed by atoms with van der Waals surface area (Å²) in [5.74, 6) is 0.854. The van der Waals surface area contributed by atoms with Gasteiger partial charge in [0.15, 0.2) is 5.78 Å². The number of halogens is 1. The largest absolute Gasteiger partial charge is 0.508 e. The Balaban J connectivity index is 1.61. The Morgan fingerprint density at radius 1 is 1.07 bits per heavy atom. The van der Waals surface area contributed by atoms with Crippen molar-refractivity contribution in [3.63, 3.8) is 0 Å². The van der Waals surface area contributed by atoms with Crippen LogP contribution < -0.4 is 5.32 Å². The molecule has 2 aliphatic rings. The van der Waals surface area contributed by atoms with Crippen LogP contribution in [-0.2, 0) is 4.79 Å². The molecule has 0 spiro atoms. The fraction of sp³-hybridized carbons (Fsp3) is 0.217. The Bertz CT molecular complexity index is 1130. The number of allylic oxidation sites excluding steroid dienone is 2. The van der Waals surface area contributed by atoms with Crippen LogP contribution in [0.15, 0.2) is 68.8 Å². The van der Waals surface area contributed by atoms with E-state index >= 15 is 0 Å². The lowest BCUT2D eigenvalue weighted by Crippen LogP contribution is -2.29. The lowest BCUT2D eigenvalue weighted by Gasteiger charge is -2.34. The minimum Gasteiger partial charge on any atom is -0.508 e. The van der Waals surface area contributed by atoms with Crippen LogP contribution in [0, 0.1) is 6.92 Å². The molecule has 0 unspecified atom stereocenters. The highest BCUT2D eigenvalue weighted by molar-refractivity contribution is 9.10. The third-order valence-corrected chi connectivity index (χ3v) is 6.35. The van der Waals surface area contributed by atoms with E-state index in [1.807, 2.05) is 43.3 Å². The SMILES string of the molecule is Cc1noc2c1[C@H](c1ccc(Br)cc1)C1=C(C[C@@H](c3ccc(O)cc3)CC1=O)N2. The Kier molecular flexibility index (Phi) is 4.32. The summed E-state index contributed by atoms with van der Waals surface area (Å²) in [6.45, 7) is 1.91. The van der Waals surface area contributed by atoms with Crippen molar-refractivity contribution < 1.29 is 14.4 Å². The van der Waals surface area contributed by atoms with Gasteiger partial charge in [-0.25, -0.2) is 0 Å². The minimum absolute atomic E-state index is 0.0606. The van der Waals surface area contributed by atoms with Crippen LogP contribution in [0.5, 0.6) is 5.75 Å². The molecule has 1 aliphatic heterocycles. The summed E-state index contributed by atoms with van der Waals surface area (Å²) in [5.41, 5.74) is 5.52. The average Bonchev–Trinajstić information content (AvgIpc) is 3.08. The molecular weight excluding hydrogens is 432 g/mol. The Morgan fingerprint density at radius 3 is 2.48 bits per heavy atom. The molecule has 1 aliphatic carbocycles. The Hall–Kier alpha value is -2.86. The fourth-order valence-electron chi connectivity index (χ4n) is 4.44. The number of fused-ring (bicyclic) bond motifs is 1. The van der Waals surface area contributed by atoms with Gasteiger partial charge in [0, 0.05) is 28.1 Å². The highest BCUT2D eigenvalue weighted by Crippen LogP contribution is 2.49. The number of ketones is 1. The molecule has 1 aromatic heterocycles. The third-order valence-electron chi connectivity index (χ3n) is 5.83. The van der Waals surface area contributed by atoms with Crippen molar-refractivity contribution >= 4 is 27.6 Å². The zero-order valence-corrected chi connectivity index (χ0v) is 17.4. The first kappa shape index (κ1) is 18.2. The van der Waals surface area contributed by atoms with Gasteiger partial charge in [-0.2, -0.15) is 0 Å². The molecule has 0 radical (unpaired) electrons. The van der Waals surface area contributed by atoms with Crippen LogP contribution >= 0.6 is 15.9 Å². The van der Waals surface area contributed by atoms with Crippen molar-refractivity contribution in [2.75, 3.05) is 5.32 Å². The number of phenolic OH excluding ortho intramolecular Hbond substituents is 1. The number of nitrogens with zero attached hydrogens (tertiary/aromatic N) is 1. The van der Waals surface area contributed by atoms with Crippen molar-refractivity contribution in [2.45, 2.75) is 31.6 Å². The van der Waals surface area contributed by atoms with Gasteiger partial charge in [-0.15, -0.1) is 0 Å². The van der Waals surface area contributed by atoms with Gasteiger partial charge in [-0.1, -0.05) is 45.4 Å². The van der Waals surface area contributed by atoms with Gasteiger partial charge in [0.05, 0.1) is 11.3 Å². The standard InChI is InChI=1S/C23H19BrN2O3/c1-12-20-21(14-2-6-16(24)7-3-14)22-18(25-23(20)29-26-12)10-15(11-19(22)28)13-4-8-17(27)9-5-13/h2-9,15,21,25,27H,10-11H2,1H3/t15-,21+/m1/s1. The molecule has 0 fully saturated rings. The van der Waals surface area contributed by atoms with Crippen molar-refractivity contribution in [3.05, 3.63) is 86.7 Å². The van der Waals surface area contributed by atoms with Crippen LogP contribution in [0.25, 0.3) is 0 Å². The lowest BCUT2D eigenvalue weighted by atomic mass is 9.72. The van der Waals surface area contributed by atoms with Gasteiger partial charge in [0.25, 0.3) is 0 Å². The van der Waals surface area contributed by atoms with Gasteiger partial charge >= 0.3 is 0 Å². The second-order valence-corrected chi connectivity index (χ2v) is 8.55. The Labute approximate surface area is 176 Å². The summed E-state index contributed by atoms with van der Waals surface area (Å²) < 4.78 is 6.55. The Morgan fingerprint density at radius 2 is 1.76 bits per heavy atom. The number of aromatic hydroxyl groups is 1. The first-order valence-corrected chi connectivity index (χ1v) is 10.3. The number of rotatable bonds is 2. The number of carbonyl (C=O) groups is 1. The summed E-state index contributed by atoms with van der Waals surface area (Å²) in [7, 11) is 0. The number of nitrogens with one attached hydrogen (secondary N) is 1. The van der Waals surface area contributed by atoms with Crippen molar-refractivity contribution in [1.82, 2.24) is 5.16 Å². The molecule has 6 heteroatoms. The maximum atomic E-state index is 13.4. The normalized spacial score (nSPS) is 20.8. The molecule has 5 rings (SSSR count). The molecule has 0 saturated heterocycles. The van der Waals surface area contributed by atoms with Crippen LogP contribution in [0.4, 0.5) is 5.88 Å². The van der Waals surface area contributed by atoms with Gasteiger partial charge in [-0.05, 0) is 54.7 Å². The number of hydrogen-bond donors (Lipinski definition) is 2. The number of aryl methyl sites for hydroxylation is 1. The number of benzene rings is 2.